The molecule has 0 N–H and O–H groups in total. The van der Waals surface area contributed by atoms with Crippen LogP contribution in [-0.2, 0) is 9.53 Å². The number of thiazole rings is 1. The van der Waals surface area contributed by atoms with Gasteiger partial charge in [-0.2, -0.15) is 0 Å². The molecule has 5 rings (SSSR count). The number of esters is 1. The molecule has 0 amide bonds. The van der Waals surface area contributed by atoms with Gasteiger partial charge in [0.2, 0.25) is 0 Å². The molecule has 1 atom stereocenters. The van der Waals surface area contributed by atoms with E-state index in [1.807, 2.05) is 66.7 Å². The maximum atomic E-state index is 14.0. The van der Waals surface area contributed by atoms with Gasteiger partial charge < -0.3 is 14.2 Å². The number of allylic oxidation sites excluding steroid dienone is 1. The van der Waals surface area contributed by atoms with E-state index in [0.29, 0.717) is 37.7 Å². The molecule has 0 bridgehead atoms. The molecule has 7 nitrogen and oxygen atoms in total. The van der Waals surface area contributed by atoms with Gasteiger partial charge in [-0.1, -0.05) is 59.9 Å². The largest absolute Gasteiger partial charge is 0.496 e. The van der Waals surface area contributed by atoms with Gasteiger partial charge in [-0.05, 0) is 42.8 Å². The summed E-state index contributed by atoms with van der Waals surface area (Å²) in [4.78, 5) is 32.3. The summed E-state index contributed by atoms with van der Waals surface area (Å²) in [5, 5.41) is 2.01. The van der Waals surface area contributed by atoms with Crippen LogP contribution in [0.4, 0.5) is 0 Å². The second-order valence-corrected chi connectivity index (χ2v) is 9.46. The molecule has 1 aliphatic rings. The van der Waals surface area contributed by atoms with Crippen molar-refractivity contribution in [3.63, 3.8) is 0 Å². The Balaban J connectivity index is 1.81. The first kappa shape index (κ1) is 24.5. The van der Waals surface area contributed by atoms with E-state index >= 15 is 0 Å². The molecule has 37 heavy (non-hydrogen) atoms. The normalized spacial score (nSPS) is 15.4. The molecule has 1 unspecified atom stereocenters. The first-order valence-electron chi connectivity index (χ1n) is 11.9. The van der Waals surface area contributed by atoms with Gasteiger partial charge in [0, 0.05) is 11.1 Å². The summed E-state index contributed by atoms with van der Waals surface area (Å²) in [7, 11) is 3.18. The maximum Gasteiger partial charge on any atom is 0.338 e. The SMILES string of the molecule is CCOC(=O)C1=C(C)N=c2s/c(=C\c3c(OC)ccc4ccccc34)c(=O)n2C1c1ccccc1OC. The number of nitrogens with zero attached hydrogens (tertiary/aromatic N) is 2. The fourth-order valence-corrected chi connectivity index (χ4v) is 5.74. The van der Waals surface area contributed by atoms with Crippen LogP contribution in [0.15, 0.2) is 81.7 Å². The lowest BCUT2D eigenvalue weighted by molar-refractivity contribution is -0.139. The Labute approximate surface area is 217 Å². The van der Waals surface area contributed by atoms with E-state index in [1.54, 1.807) is 32.6 Å². The highest BCUT2D eigenvalue weighted by Gasteiger charge is 2.35. The molecule has 0 radical (unpaired) electrons. The molecule has 2 heterocycles. The van der Waals surface area contributed by atoms with Crippen LogP contribution < -0.4 is 24.4 Å². The molecule has 0 fully saturated rings. The highest BCUT2D eigenvalue weighted by Crippen LogP contribution is 2.35. The van der Waals surface area contributed by atoms with E-state index in [9.17, 15) is 9.59 Å². The van der Waals surface area contributed by atoms with Crippen molar-refractivity contribution >= 4 is 34.2 Å². The second kappa shape index (κ2) is 10.1. The molecule has 8 heteroatoms. The smallest absolute Gasteiger partial charge is 0.338 e. The third-order valence-corrected chi connectivity index (χ3v) is 7.36. The van der Waals surface area contributed by atoms with Crippen LogP contribution in [0.3, 0.4) is 0 Å². The van der Waals surface area contributed by atoms with Crippen LogP contribution in [0.1, 0.15) is 31.0 Å². The number of aromatic nitrogens is 1. The molecule has 0 spiro atoms. The summed E-state index contributed by atoms with van der Waals surface area (Å²) >= 11 is 1.27. The van der Waals surface area contributed by atoms with Crippen molar-refractivity contribution in [3.05, 3.63) is 103 Å². The molecule has 0 aliphatic carbocycles. The number of fused-ring (bicyclic) bond motifs is 2. The Morgan fingerprint density at radius 3 is 2.51 bits per heavy atom. The molecule has 3 aromatic carbocycles. The molecular formula is C29H26N2O5S. The molecule has 0 saturated heterocycles. The number of ether oxygens (including phenoxy) is 3. The fourth-order valence-electron chi connectivity index (χ4n) is 4.71. The Kier molecular flexibility index (Phi) is 6.67. The van der Waals surface area contributed by atoms with Gasteiger partial charge in [0.25, 0.3) is 5.56 Å². The van der Waals surface area contributed by atoms with Gasteiger partial charge >= 0.3 is 5.97 Å². The zero-order chi connectivity index (χ0) is 26.1. The number of rotatable bonds is 6. The van der Waals surface area contributed by atoms with E-state index in [0.717, 1.165) is 16.3 Å². The summed E-state index contributed by atoms with van der Waals surface area (Å²) < 4.78 is 18.7. The minimum Gasteiger partial charge on any atom is -0.496 e. The average molecular weight is 515 g/mol. The summed E-state index contributed by atoms with van der Waals surface area (Å²) in [6.07, 6.45) is 1.84. The summed E-state index contributed by atoms with van der Waals surface area (Å²) in [6, 6.07) is 18.4. The van der Waals surface area contributed by atoms with Gasteiger partial charge in [-0.25, -0.2) is 9.79 Å². The number of benzene rings is 3. The van der Waals surface area contributed by atoms with Crippen LogP contribution in [0, 0.1) is 0 Å². The van der Waals surface area contributed by atoms with Gasteiger partial charge in [-0.15, -0.1) is 0 Å². The lowest BCUT2D eigenvalue weighted by atomic mass is 9.95. The van der Waals surface area contributed by atoms with Crippen molar-refractivity contribution in [2.75, 3.05) is 20.8 Å². The minimum absolute atomic E-state index is 0.208. The first-order valence-corrected chi connectivity index (χ1v) is 12.7. The topological polar surface area (TPSA) is 79.1 Å². The maximum absolute atomic E-state index is 14.0. The number of hydrogen-bond acceptors (Lipinski definition) is 7. The van der Waals surface area contributed by atoms with Crippen LogP contribution in [0.2, 0.25) is 0 Å². The molecular weight excluding hydrogens is 488 g/mol. The molecule has 1 aromatic heterocycles. The first-order chi connectivity index (χ1) is 18.0. The van der Waals surface area contributed by atoms with Gasteiger partial charge in [0.1, 0.15) is 17.5 Å². The highest BCUT2D eigenvalue weighted by molar-refractivity contribution is 7.07. The zero-order valence-electron chi connectivity index (χ0n) is 21.0. The molecule has 188 valence electrons. The predicted molar refractivity (Wildman–Crippen MR) is 144 cm³/mol. The summed E-state index contributed by atoms with van der Waals surface area (Å²) in [6.45, 7) is 3.72. The van der Waals surface area contributed by atoms with Crippen LogP contribution in [0.5, 0.6) is 11.5 Å². The standard InChI is InChI=1S/C29H26N2O5S/c1-5-36-28(33)25-17(2)30-29-31(26(25)20-12-8-9-13-22(20)34-3)27(32)24(37-29)16-21-19-11-7-6-10-18(19)14-15-23(21)35-4/h6-16,26H,5H2,1-4H3/b24-16-. The van der Waals surface area contributed by atoms with Gasteiger partial charge in [0.05, 0.1) is 36.6 Å². The van der Waals surface area contributed by atoms with Crippen molar-refractivity contribution < 1.29 is 19.0 Å². The van der Waals surface area contributed by atoms with Crippen LogP contribution >= 0.6 is 11.3 Å². The van der Waals surface area contributed by atoms with Gasteiger partial charge in [-0.3, -0.25) is 9.36 Å². The van der Waals surface area contributed by atoms with E-state index in [-0.39, 0.29) is 12.2 Å². The number of carbonyl (C=O) groups excluding carboxylic acids is 1. The van der Waals surface area contributed by atoms with E-state index in [1.165, 1.54) is 11.3 Å². The molecule has 1 aliphatic heterocycles. The Hall–Kier alpha value is -4.17. The van der Waals surface area contributed by atoms with Crippen molar-refractivity contribution in [1.29, 1.82) is 0 Å². The lowest BCUT2D eigenvalue weighted by Crippen LogP contribution is -2.40. The van der Waals surface area contributed by atoms with Crippen molar-refractivity contribution in [1.82, 2.24) is 4.57 Å². The fraction of sp³-hybridized carbons (Fsp3) is 0.207. The molecule has 4 aromatic rings. The second-order valence-electron chi connectivity index (χ2n) is 8.45. The number of carbonyl (C=O) groups is 1. The van der Waals surface area contributed by atoms with E-state index in [2.05, 4.69) is 4.99 Å². The van der Waals surface area contributed by atoms with Crippen molar-refractivity contribution in [3.8, 4) is 11.5 Å². The van der Waals surface area contributed by atoms with Crippen molar-refractivity contribution in [2.45, 2.75) is 19.9 Å². The molecule has 0 saturated carbocycles. The third-order valence-electron chi connectivity index (χ3n) is 6.38. The quantitative estimate of drug-likeness (QED) is 0.364. The Morgan fingerprint density at radius 1 is 1.03 bits per heavy atom. The van der Waals surface area contributed by atoms with Crippen molar-refractivity contribution in [2.24, 2.45) is 4.99 Å². The zero-order valence-corrected chi connectivity index (χ0v) is 21.8. The Bertz CT molecular complexity index is 1730. The summed E-state index contributed by atoms with van der Waals surface area (Å²) in [5.41, 5.74) is 2.04. The minimum atomic E-state index is -0.747. The lowest BCUT2D eigenvalue weighted by Gasteiger charge is -2.25. The number of hydrogen-bond donors (Lipinski definition) is 0. The monoisotopic (exact) mass is 514 g/mol. The van der Waals surface area contributed by atoms with Crippen LogP contribution in [-0.4, -0.2) is 31.4 Å². The Morgan fingerprint density at radius 2 is 1.76 bits per heavy atom. The third kappa shape index (κ3) is 4.23. The highest BCUT2D eigenvalue weighted by atomic mass is 32.1. The number of para-hydroxylation sites is 1. The van der Waals surface area contributed by atoms with E-state index in [4.69, 9.17) is 14.2 Å². The van der Waals surface area contributed by atoms with Crippen LogP contribution in [0.25, 0.3) is 16.8 Å². The number of methoxy groups -OCH3 is 2. The predicted octanol–water partition coefficient (Wildman–Crippen LogP) is 3.97. The summed E-state index contributed by atoms with van der Waals surface area (Å²) in [5.74, 6) is 0.716. The van der Waals surface area contributed by atoms with E-state index < -0.39 is 12.0 Å². The average Bonchev–Trinajstić information content (AvgIpc) is 3.22. The van der Waals surface area contributed by atoms with Gasteiger partial charge in [0.15, 0.2) is 4.80 Å².